The zero-order valence-electron chi connectivity index (χ0n) is 16.1. The van der Waals surface area contributed by atoms with Gasteiger partial charge in [0.25, 0.3) is 0 Å². The second-order valence-corrected chi connectivity index (χ2v) is 8.59. The SMILES string of the molecule is Cc1nc2ccccc2c(C)c1CC(=O)NCc1cccc(NS(C)(=O)=O)c1. The highest BCUT2D eigenvalue weighted by Gasteiger charge is 2.13. The predicted octanol–water partition coefficient (Wildman–Crippen LogP) is 3.08. The lowest BCUT2D eigenvalue weighted by molar-refractivity contribution is -0.120. The van der Waals surface area contributed by atoms with Crippen LogP contribution in [0.3, 0.4) is 0 Å². The maximum Gasteiger partial charge on any atom is 0.229 e. The third-order valence-corrected chi connectivity index (χ3v) is 5.15. The quantitative estimate of drug-likeness (QED) is 0.669. The molecule has 1 aromatic heterocycles. The summed E-state index contributed by atoms with van der Waals surface area (Å²) in [6.45, 7) is 4.25. The molecule has 2 aromatic carbocycles. The molecule has 2 N–H and O–H groups in total. The molecule has 0 radical (unpaired) electrons. The van der Waals surface area contributed by atoms with E-state index in [2.05, 4.69) is 15.0 Å². The fourth-order valence-corrected chi connectivity index (χ4v) is 3.77. The Bertz CT molecular complexity index is 1140. The lowest BCUT2D eigenvalue weighted by Crippen LogP contribution is -2.25. The van der Waals surface area contributed by atoms with Crippen LogP contribution in [0.1, 0.15) is 22.4 Å². The Morgan fingerprint density at radius 2 is 1.82 bits per heavy atom. The number of para-hydroxylation sites is 1. The zero-order chi connectivity index (χ0) is 20.3. The minimum Gasteiger partial charge on any atom is -0.352 e. The molecule has 28 heavy (non-hydrogen) atoms. The van der Waals surface area contributed by atoms with Crippen molar-refractivity contribution in [2.45, 2.75) is 26.8 Å². The number of pyridine rings is 1. The molecule has 0 saturated carbocycles. The first-order valence-electron chi connectivity index (χ1n) is 8.91. The molecule has 1 heterocycles. The molecule has 0 spiro atoms. The highest BCUT2D eigenvalue weighted by atomic mass is 32.2. The molecule has 3 rings (SSSR count). The maximum absolute atomic E-state index is 12.5. The molecule has 6 nitrogen and oxygen atoms in total. The van der Waals surface area contributed by atoms with Gasteiger partial charge in [0.1, 0.15) is 0 Å². The van der Waals surface area contributed by atoms with Crippen molar-refractivity contribution in [3.63, 3.8) is 0 Å². The van der Waals surface area contributed by atoms with Crippen LogP contribution in [0.4, 0.5) is 5.69 Å². The van der Waals surface area contributed by atoms with E-state index >= 15 is 0 Å². The lowest BCUT2D eigenvalue weighted by atomic mass is 9.99. The molecule has 146 valence electrons. The lowest BCUT2D eigenvalue weighted by Gasteiger charge is -2.13. The largest absolute Gasteiger partial charge is 0.352 e. The van der Waals surface area contributed by atoms with E-state index in [1.807, 2.05) is 44.2 Å². The van der Waals surface area contributed by atoms with E-state index in [0.29, 0.717) is 12.2 Å². The van der Waals surface area contributed by atoms with E-state index in [9.17, 15) is 13.2 Å². The minimum absolute atomic E-state index is 0.107. The summed E-state index contributed by atoms with van der Waals surface area (Å²) in [5.41, 5.74) is 5.07. The number of benzene rings is 2. The molecule has 1 amide bonds. The predicted molar refractivity (Wildman–Crippen MR) is 112 cm³/mol. The minimum atomic E-state index is -3.34. The number of carbonyl (C=O) groups excluding carboxylic acids is 1. The first kappa shape index (κ1) is 19.8. The third kappa shape index (κ3) is 4.86. The van der Waals surface area contributed by atoms with Gasteiger partial charge in [-0.2, -0.15) is 0 Å². The summed E-state index contributed by atoms with van der Waals surface area (Å²) in [4.78, 5) is 17.1. The van der Waals surface area contributed by atoms with E-state index in [1.165, 1.54) is 0 Å². The Kier molecular flexibility index (Phi) is 5.65. The summed E-state index contributed by atoms with van der Waals surface area (Å²) in [5, 5.41) is 3.95. The Balaban J connectivity index is 1.70. The molecule has 0 fully saturated rings. The van der Waals surface area contributed by atoms with Crippen LogP contribution in [0.25, 0.3) is 10.9 Å². The summed E-state index contributed by atoms with van der Waals surface area (Å²) in [5.74, 6) is -0.107. The van der Waals surface area contributed by atoms with Crippen LogP contribution in [0, 0.1) is 13.8 Å². The molecule has 0 aliphatic carbocycles. The van der Waals surface area contributed by atoms with Crippen LogP contribution in [0.15, 0.2) is 48.5 Å². The number of nitrogens with one attached hydrogen (secondary N) is 2. The van der Waals surface area contributed by atoms with E-state index in [0.717, 1.165) is 39.5 Å². The second kappa shape index (κ2) is 7.98. The Morgan fingerprint density at radius 1 is 1.07 bits per heavy atom. The number of rotatable bonds is 6. The van der Waals surface area contributed by atoms with Crippen molar-refractivity contribution in [2.75, 3.05) is 11.0 Å². The van der Waals surface area contributed by atoms with Gasteiger partial charge in [0.2, 0.25) is 15.9 Å². The zero-order valence-corrected chi connectivity index (χ0v) is 16.9. The van der Waals surface area contributed by atoms with E-state index in [-0.39, 0.29) is 12.3 Å². The first-order valence-corrected chi connectivity index (χ1v) is 10.8. The van der Waals surface area contributed by atoms with Gasteiger partial charge in [-0.3, -0.25) is 14.5 Å². The van der Waals surface area contributed by atoms with Gasteiger partial charge >= 0.3 is 0 Å². The summed E-state index contributed by atoms with van der Waals surface area (Å²) in [6, 6.07) is 14.9. The number of carbonyl (C=O) groups is 1. The standard InChI is InChI=1S/C21H23N3O3S/c1-14-18-9-4-5-10-20(18)23-15(2)19(14)12-21(25)22-13-16-7-6-8-17(11-16)24-28(3,26)27/h4-11,24H,12-13H2,1-3H3,(H,22,25). The van der Waals surface area contributed by atoms with Crippen LogP contribution in [0.5, 0.6) is 0 Å². The monoisotopic (exact) mass is 397 g/mol. The average Bonchev–Trinajstić information content (AvgIpc) is 2.62. The van der Waals surface area contributed by atoms with Crippen molar-refractivity contribution in [3.05, 3.63) is 70.9 Å². The number of aryl methyl sites for hydroxylation is 2. The van der Waals surface area contributed by atoms with Crippen LogP contribution in [-0.2, 0) is 27.8 Å². The van der Waals surface area contributed by atoms with Gasteiger partial charge in [0.05, 0.1) is 18.2 Å². The van der Waals surface area contributed by atoms with Gasteiger partial charge in [-0.1, -0.05) is 30.3 Å². The van der Waals surface area contributed by atoms with Gasteiger partial charge in [-0.25, -0.2) is 8.42 Å². The van der Waals surface area contributed by atoms with E-state index < -0.39 is 10.0 Å². The van der Waals surface area contributed by atoms with Gasteiger partial charge in [-0.15, -0.1) is 0 Å². The summed E-state index contributed by atoms with van der Waals surface area (Å²) in [7, 11) is -3.34. The van der Waals surface area contributed by atoms with Crippen LogP contribution < -0.4 is 10.0 Å². The number of hydrogen-bond acceptors (Lipinski definition) is 4. The number of nitrogens with zero attached hydrogens (tertiary/aromatic N) is 1. The highest BCUT2D eigenvalue weighted by molar-refractivity contribution is 7.92. The first-order chi connectivity index (χ1) is 13.2. The Hall–Kier alpha value is -2.93. The number of anilines is 1. The second-order valence-electron chi connectivity index (χ2n) is 6.85. The van der Waals surface area contributed by atoms with Crippen LogP contribution in [-0.4, -0.2) is 25.6 Å². The van der Waals surface area contributed by atoms with Crippen molar-refractivity contribution in [1.29, 1.82) is 0 Å². The fourth-order valence-electron chi connectivity index (χ4n) is 3.21. The van der Waals surface area contributed by atoms with E-state index in [1.54, 1.807) is 18.2 Å². The maximum atomic E-state index is 12.5. The molecule has 0 aliphatic heterocycles. The van der Waals surface area contributed by atoms with Crippen LogP contribution in [0.2, 0.25) is 0 Å². The Labute approximate surface area is 165 Å². The highest BCUT2D eigenvalue weighted by Crippen LogP contribution is 2.23. The van der Waals surface area contributed by atoms with Crippen LogP contribution >= 0.6 is 0 Å². The van der Waals surface area contributed by atoms with E-state index in [4.69, 9.17) is 0 Å². The molecule has 0 aliphatic rings. The molecular weight excluding hydrogens is 374 g/mol. The van der Waals surface area contributed by atoms with Gasteiger partial charge < -0.3 is 5.32 Å². The number of hydrogen-bond donors (Lipinski definition) is 2. The molecule has 0 bridgehead atoms. The summed E-state index contributed by atoms with van der Waals surface area (Å²) >= 11 is 0. The fraction of sp³-hybridized carbons (Fsp3) is 0.238. The van der Waals surface area contributed by atoms with Crippen molar-refractivity contribution < 1.29 is 13.2 Å². The number of aromatic nitrogens is 1. The average molecular weight is 398 g/mol. The Morgan fingerprint density at radius 3 is 2.57 bits per heavy atom. The van der Waals surface area contributed by atoms with Crippen molar-refractivity contribution in [1.82, 2.24) is 10.3 Å². The number of amides is 1. The van der Waals surface area contributed by atoms with Crippen molar-refractivity contribution >= 4 is 32.5 Å². The number of fused-ring (bicyclic) bond motifs is 1. The molecule has 0 unspecified atom stereocenters. The van der Waals surface area contributed by atoms with Crippen molar-refractivity contribution in [3.8, 4) is 0 Å². The van der Waals surface area contributed by atoms with Gasteiger partial charge in [0.15, 0.2) is 0 Å². The topological polar surface area (TPSA) is 88.2 Å². The molecule has 7 heteroatoms. The summed E-state index contributed by atoms with van der Waals surface area (Å²) < 4.78 is 25.1. The molecular formula is C21H23N3O3S. The summed E-state index contributed by atoms with van der Waals surface area (Å²) in [6.07, 6.45) is 1.35. The normalized spacial score (nSPS) is 11.4. The number of sulfonamides is 1. The van der Waals surface area contributed by atoms with Gasteiger partial charge in [-0.05, 0) is 48.7 Å². The third-order valence-electron chi connectivity index (χ3n) is 4.54. The van der Waals surface area contributed by atoms with Gasteiger partial charge in [0, 0.05) is 23.3 Å². The smallest absolute Gasteiger partial charge is 0.229 e. The molecule has 3 aromatic rings. The molecule has 0 atom stereocenters. The molecule has 0 saturated heterocycles. The van der Waals surface area contributed by atoms with Crippen molar-refractivity contribution in [2.24, 2.45) is 0 Å².